The van der Waals surface area contributed by atoms with Crippen molar-refractivity contribution in [2.45, 2.75) is 0 Å². The van der Waals surface area contributed by atoms with Crippen molar-refractivity contribution in [2.75, 3.05) is 12.1 Å². The maximum Gasteiger partial charge on any atom is 0.282 e. The van der Waals surface area contributed by atoms with Crippen molar-refractivity contribution >= 4 is 17.3 Å². The van der Waals surface area contributed by atoms with E-state index >= 15 is 0 Å². The number of carbonyl (C=O) groups is 1. The summed E-state index contributed by atoms with van der Waals surface area (Å²) in [5, 5.41) is 8.86. The number of rotatable bonds is 3. The van der Waals surface area contributed by atoms with Crippen molar-refractivity contribution in [3.63, 3.8) is 0 Å². The van der Waals surface area contributed by atoms with E-state index in [9.17, 15) is 4.79 Å². The number of nitrogens with zero attached hydrogens (tertiary/aromatic N) is 2. The van der Waals surface area contributed by atoms with Crippen LogP contribution in [0, 0.1) is 0 Å². The lowest BCUT2D eigenvalue weighted by molar-refractivity contribution is -0.114. The lowest BCUT2D eigenvalue weighted by atomic mass is 10.0. The molecular formula is C17H15N3O. The summed E-state index contributed by atoms with van der Waals surface area (Å²) in [6.07, 6.45) is 1.69. The molecule has 1 aliphatic heterocycles. The maximum absolute atomic E-state index is 12.6. The minimum Gasteiger partial charge on any atom is -0.393 e. The number of para-hydroxylation sites is 1. The van der Waals surface area contributed by atoms with Gasteiger partial charge in [-0.25, -0.2) is 0 Å². The van der Waals surface area contributed by atoms with Crippen LogP contribution in [0.4, 0.5) is 5.69 Å². The van der Waals surface area contributed by atoms with Gasteiger partial charge in [0.25, 0.3) is 5.91 Å². The molecule has 3 rings (SSSR count). The Kier molecular flexibility index (Phi) is 3.51. The fourth-order valence-corrected chi connectivity index (χ4v) is 2.24. The number of hydrogen-bond acceptors (Lipinski definition) is 3. The van der Waals surface area contributed by atoms with E-state index < -0.39 is 0 Å². The van der Waals surface area contributed by atoms with Crippen LogP contribution in [0.2, 0.25) is 0 Å². The summed E-state index contributed by atoms with van der Waals surface area (Å²) in [6, 6.07) is 19.1. The topological polar surface area (TPSA) is 44.7 Å². The van der Waals surface area contributed by atoms with Crippen molar-refractivity contribution in [3.8, 4) is 0 Å². The first kappa shape index (κ1) is 13.1. The normalized spacial score (nSPS) is 16.2. The molecule has 0 bridgehead atoms. The molecule has 0 fully saturated rings. The van der Waals surface area contributed by atoms with Crippen LogP contribution in [0.25, 0.3) is 0 Å². The molecule has 0 unspecified atom stereocenters. The molecule has 1 amide bonds. The fourth-order valence-electron chi connectivity index (χ4n) is 2.24. The third-order valence-corrected chi connectivity index (χ3v) is 3.21. The Bertz CT molecular complexity index is 705. The lowest BCUT2D eigenvalue weighted by Gasteiger charge is -2.10. The first-order valence-electron chi connectivity index (χ1n) is 6.72. The standard InChI is InChI=1S/C17H15N3O/c1-18-12-15-16(13-8-4-2-5-9-13)19-20(17(15)21)14-10-6-3-7-11-14/h2-12,18H,1H3. The summed E-state index contributed by atoms with van der Waals surface area (Å²) < 4.78 is 0. The first-order chi connectivity index (χ1) is 10.3. The van der Waals surface area contributed by atoms with Gasteiger partial charge in [-0.2, -0.15) is 10.1 Å². The summed E-state index contributed by atoms with van der Waals surface area (Å²) in [5.41, 5.74) is 2.92. The third kappa shape index (κ3) is 2.43. The maximum atomic E-state index is 12.6. The molecular weight excluding hydrogens is 262 g/mol. The molecule has 0 atom stereocenters. The molecule has 0 radical (unpaired) electrons. The van der Waals surface area contributed by atoms with Gasteiger partial charge in [0, 0.05) is 18.8 Å². The molecule has 4 heteroatoms. The molecule has 0 aliphatic carbocycles. The highest BCUT2D eigenvalue weighted by Gasteiger charge is 2.31. The number of nitrogens with one attached hydrogen (secondary N) is 1. The van der Waals surface area contributed by atoms with E-state index in [1.54, 1.807) is 13.2 Å². The third-order valence-electron chi connectivity index (χ3n) is 3.21. The molecule has 4 nitrogen and oxygen atoms in total. The van der Waals surface area contributed by atoms with Gasteiger partial charge >= 0.3 is 0 Å². The minimum atomic E-state index is -0.130. The van der Waals surface area contributed by atoms with Crippen LogP contribution in [0.3, 0.4) is 0 Å². The Morgan fingerprint density at radius 3 is 2.24 bits per heavy atom. The van der Waals surface area contributed by atoms with E-state index in [0.717, 1.165) is 11.3 Å². The van der Waals surface area contributed by atoms with Crippen LogP contribution in [-0.4, -0.2) is 18.7 Å². The van der Waals surface area contributed by atoms with E-state index in [1.165, 1.54) is 5.01 Å². The van der Waals surface area contributed by atoms with Crippen LogP contribution >= 0.6 is 0 Å². The van der Waals surface area contributed by atoms with Gasteiger partial charge in [-0.15, -0.1) is 0 Å². The van der Waals surface area contributed by atoms with Gasteiger partial charge < -0.3 is 5.32 Å². The van der Waals surface area contributed by atoms with Gasteiger partial charge in [-0.1, -0.05) is 48.5 Å². The zero-order valence-electron chi connectivity index (χ0n) is 11.7. The zero-order valence-corrected chi connectivity index (χ0v) is 11.7. The van der Waals surface area contributed by atoms with Gasteiger partial charge in [0.05, 0.1) is 11.3 Å². The molecule has 1 aliphatic rings. The molecule has 104 valence electrons. The minimum absolute atomic E-state index is 0.130. The second-order valence-electron chi connectivity index (χ2n) is 4.61. The second kappa shape index (κ2) is 5.63. The van der Waals surface area contributed by atoms with Gasteiger partial charge in [-0.3, -0.25) is 4.79 Å². The highest BCUT2D eigenvalue weighted by molar-refractivity contribution is 6.35. The quantitative estimate of drug-likeness (QED) is 0.876. The van der Waals surface area contributed by atoms with Crippen molar-refractivity contribution < 1.29 is 4.79 Å². The first-order valence-corrected chi connectivity index (χ1v) is 6.72. The van der Waals surface area contributed by atoms with Gasteiger partial charge in [-0.05, 0) is 12.1 Å². The smallest absolute Gasteiger partial charge is 0.282 e. The molecule has 2 aromatic rings. The van der Waals surface area contributed by atoms with Gasteiger partial charge in [0.1, 0.15) is 5.71 Å². The SMILES string of the molecule is CNC=C1C(=O)N(c2ccccc2)N=C1c1ccccc1. The molecule has 21 heavy (non-hydrogen) atoms. The van der Waals surface area contributed by atoms with Crippen LogP contribution in [0.5, 0.6) is 0 Å². The Balaban J connectivity index is 2.08. The zero-order chi connectivity index (χ0) is 14.7. The van der Waals surface area contributed by atoms with Crippen molar-refractivity contribution in [2.24, 2.45) is 5.10 Å². The number of benzene rings is 2. The average Bonchev–Trinajstić information content (AvgIpc) is 2.87. The summed E-state index contributed by atoms with van der Waals surface area (Å²) >= 11 is 0. The van der Waals surface area contributed by atoms with Crippen LogP contribution in [0.15, 0.2) is 77.5 Å². The number of hydrogen-bond donors (Lipinski definition) is 1. The average molecular weight is 277 g/mol. The molecule has 1 N–H and O–H groups in total. The summed E-state index contributed by atoms with van der Waals surface area (Å²) in [5.74, 6) is -0.130. The van der Waals surface area contributed by atoms with Crippen LogP contribution in [-0.2, 0) is 4.79 Å². The number of hydrazone groups is 1. The molecule has 0 spiro atoms. The van der Waals surface area contributed by atoms with E-state index in [2.05, 4.69) is 10.4 Å². The van der Waals surface area contributed by atoms with E-state index in [-0.39, 0.29) is 5.91 Å². The Labute approximate surface area is 123 Å². The monoisotopic (exact) mass is 277 g/mol. The molecule has 0 saturated carbocycles. The van der Waals surface area contributed by atoms with Crippen molar-refractivity contribution in [3.05, 3.63) is 78.0 Å². The van der Waals surface area contributed by atoms with Crippen molar-refractivity contribution in [1.29, 1.82) is 0 Å². The number of amides is 1. The highest BCUT2D eigenvalue weighted by atomic mass is 16.2. The van der Waals surface area contributed by atoms with Gasteiger partial charge in [0.2, 0.25) is 0 Å². The van der Waals surface area contributed by atoms with Crippen molar-refractivity contribution in [1.82, 2.24) is 5.32 Å². The Morgan fingerprint density at radius 2 is 1.62 bits per heavy atom. The summed E-state index contributed by atoms with van der Waals surface area (Å²) in [7, 11) is 1.77. The predicted octanol–water partition coefficient (Wildman–Crippen LogP) is 2.54. The Hall–Kier alpha value is -2.88. The van der Waals surface area contributed by atoms with Crippen LogP contribution in [0.1, 0.15) is 5.56 Å². The largest absolute Gasteiger partial charge is 0.393 e. The second-order valence-corrected chi connectivity index (χ2v) is 4.61. The van der Waals surface area contributed by atoms with E-state index in [0.29, 0.717) is 11.3 Å². The number of anilines is 1. The number of carbonyl (C=O) groups excluding carboxylic acids is 1. The summed E-state index contributed by atoms with van der Waals surface area (Å²) in [6.45, 7) is 0. The molecule has 0 aromatic heterocycles. The summed E-state index contributed by atoms with van der Waals surface area (Å²) in [4.78, 5) is 12.6. The molecule has 2 aromatic carbocycles. The van der Waals surface area contributed by atoms with Gasteiger partial charge in [0.15, 0.2) is 0 Å². The molecule has 0 saturated heterocycles. The molecule has 1 heterocycles. The van der Waals surface area contributed by atoms with E-state index in [4.69, 9.17) is 0 Å². The highest BCUT2D eigenvalue weighted by Crippen LogP contribution is 2.25. The van der Waals surface area contributed by atoms with Crippen LogP contribution < -0.4 is 10.3 Å². The Morgan fingerprint density at radius 1 is 1.00 bits per heavy atom. The predicted molar refractivity (Wildman–Crippen MR) is 84.0 cm³/mol. The van der Waals surface area contributed by atoms with E-state index in [1.807, 2.05) is 60.7 Å². The lowest BCUT2D eigenvalue weighted by Crippen LogP contribution is -2.22. The fraction of sp³-hybridized carbons (Fsp3) is 0.0588.